The van der Waals surface area contributed by atoms with E-state index in [1.807, 2.05) is 17.5 Å². The van der Waals surface area contributed by atoms with Gasteiger partial charge in [-0.2, -0.15) is 0 Å². The first kappa shape index (κ1) is 12.6. The standard InChI is InChI=1S/C13H13NO3S/c15-12(10-5-6-17-9-10)8-14-13(16)4-3-11-2-1-7-18-11/h1-7,9,12,15H,8H2,(H,14,16)/b4-3+. The molecule has 18 heavy (non-hydrogen) atoms. The van der Waals surface area contributed by atoms with Crippen molar-refractivity contribution >= 4 is 23.3 Å². The molecule has 0 aliphatic carbocycles. The van der Waals surface area contributed by atoms with Gasteiger partial charge in [0.2, 0.25) is 5.91 Å². The lowest BCUT2D eigenvalue weighted by atomic mass is 10.2. The van der Waals surface area contributed by atoms with Crippen LogP contribution in [0, 0.1) is 0 Å². The number of nitrogens with one attached hydrogen (secondary N) is 1. The monoisotopic (exact) mass is 263 g/mol. The Morgan fingerprint density at radius 1 is 1.56 bits per heavy atom. The van der Waals surface area contributed by atoms with Crippen LogP contribution < -0.4 is 5.32 Å². The summed E-state index contributed by atoms with van der Waals surface area (Å²) < 4.78 is 4.85. The first-order chi connectivity index (χ1) is 8.75. The maximum atomic E-state index is 11.5. The van der Waals surface area contributed by atoms with E-state index in [0.717, 1.165) is 4.88 Å². The van der Waals surface area contributed by atoms with Gasteiger partial charge < -0.3 is 14.8 Å². The zero-order valence-electron chi connectivity index (χ0n) is 9.58. The van der Waals surface area contributed by atoms with Gasteiger partial charge in [0.15, 0.2) is 0 Å². The number of aliphatic hydroxyl groups is 1. The van der Waals surface area contributed by atoms with Crippen molar-refractivity contribution in [1.29, 1.82) is 0 Å². The summed E-state index contributed by atoms with van der Waals surface area (Å²) in [6, 6.07) is 5.51. The highest BCUT2D eigenvalue weighted by Gasteiger charge is 2.09. The molecule has 0 fully saturated rings. The largest absolute Gasteiger partial charge is 0.472 e. The number of hydrogen-bond acceptors (Lipinski definition) is 4. The molecular formula is C13H13NO3S. The molecule has 0 radical (unpaired) electrons. The summed E-state index contributed by atoms with van der Waals surface area (Å²) in [5, 5.41) is 14.3. The zero-order valence-corrected chi connectivity index (χ0v) is 10.4. The van der Waals surface area contributed by atoms with Crippen molar-refractivity contribution in [3.8, 4) is 0 Å². The van der Waals surface area contributed by atoms with Crippen LogP contribution >= 0.6 is 11.3 Å². The molecule has 94 valence electrons. The van der Waals surface area contributed by atoms with Crippen molar-refractivity contribution in [2.45, 2.75) is 6.10 Å². The number of aliphatic hydroxyl groups excluding tert-OH is 1. The van der Waals surface area contributed by atoms with Gasteiger partial charge >= 0.3 is 0 Å². The second-order valence-corrected chi connectivity index (χ2v) is 4.65. The topological polar surface area (TPSA) is 62.5 Å². The summed E-state index contributed by atoms with van der Waals surface area (Å²) in [4.78, 5) is 12.5. The number of carbonyl (C=O) groups excluding carboxylic acids is 1. The molecule has 1 unspecified atom stereocenters. The van der Waals surface area contributed by atoms with Gasteiger partial charge in [-0.3, -0.25) is 4.79 Å². The Labute approximate surface area is 109 Å². The van der Waals surface area contributed by atoms with E-state index in [1.54, 1.807) is 23.5 Å². The summed E-state index contributed by atoms with van der Waals surface area (Å²) in [6.45, 7) is 0.160. The minimum atomic E-state index is -0.747. The molecule has 2 N–H and O–H groups in total. The normalized spacial score (nSPS) is 12.7. The second kappa shape index (κ2) is 6.18. The molecule has 0 aromatic carbocycles. The number of furan rings is 1. The molecule has 2 aromatic heterocycles. The fourth-order valence-electron chi connectivity index (χ4n) is 1.38. The van der Waals surface area contributed by atoms with Crippen LogP contribution in [0.5, 0.6) is 0 Å². The highest BCUT2D eigenvalue weighted by atomic mass is 32.1. The third-order valence-corrected chi connectivity index (χ3v) is 3.18. The number of amides is 1. The highest BCUT2D eigenvalue weighted by molar-refractivity contribution is 7.10. The van der Waals surface area contributed by atoms with Crippen molar-refractivity contribution in [2.75, 3.05) is 6.54 Å². The van der Waals surface area contributed by atoms with Crippen molar-refractivity contribution in [1.82, 2.24) is 5.32 Å². The minimum absolute atomic E-state index is 0.160. The second-order valence-electron chi connectivity index (χ2n) is 3.67. The summed E-state index contributed by atoms with van der Waals surface area (Å²) in [7, 11) is 0. The molecule has 2 rings (SSSR count). The van der Waals surface area contributed by atoms with Crippen LogP contribution in [0.25, 0.3) is 6.08 Å². The molecule has 2 heterocycles. The van der Waals surface area contributed by atoms with Crippen LogP contribution in [0.1, 0.15) is 16.5 Å². The van der Waals surface area contributed by atoms with Gasteiger partial charge in [0.25, 0.3) is 0 Å². The van der Waals surface area contributed by atoms with Crippen LogP contribution in [0.3, 0.4) is 0 Å². The van der Waals surface area contributed by atoms with Gasteiger partial charge in [0.1, 0.15) is 0 Å². The van der Waals surface area contributed by atoms with Gasteiger partial charge in [0, 0.05) is 23.1 Å². The molecule has 0 aliphatic heterocycles. The summed E-state index contributed by atoms with van der Waals surface area (Å²) in [6.07, 6.45) is 5.39. The van der Waals surface area contributed by atoms with E-state index in [0.29, 0.717) is 5.56 Å². The molecule has 5 heteroatoms. The van der Waals surface area contributed by atoms with Crippen molar-refractivity contribution in [2.24, 2.45) is 0 Å². The Bertz CT molecular complexity index is 502. The molecule has 1 amide bonds. The Kier molecular flexibility index (Phi) is 4.33. The highest BCUT2D eigenvalue weighted by Crippen LogP contribution is 2.12. The zero-order chi connectivity index (χ0) is 12.8. The molecule has 0 spiro atoms. The maximum absolute atomic E-state index is 11.5. The molecule has 0 bridgehead atoms. The third kappa shape index (κ3) is 3.58. The average molecular weight is 263 g/mol. The fourth-order valence-corrected chi connectivity index (χ4v) is 2.00. The lowest BCUT2D eigenvalue weighted by Gasteiger charge is -2.08. The SMILES string of the molecule is O=C(/C=C/c1cccs1)NCC(O)c1ccoc1. The lowest BCUT2D eigenvalue weighted by molar-refractivity contribution is -0.116. The predicted molar refractivity (Wildman–Crippen MR) is 70.0 cm³/mol. The summed E-state index contributed by atoms with van der Waals surface area (Å²) in [5.41, 5.74) is 0.650. The van der Waals surface area contributed by atoms with E-state index < -0.39 is 6.10 Å². The number of rotatable bonds is 5. The Morgan fingerprint density at radius 3 is 3.11 bits per heavy atom. The number of carbonyl (C=O) groups is 1. The smallest absolute Gasteiger partial charge is 0.244 e. The van der Waals surface area contributed by atoms with E-state index in [1.165, 1.54) is 18.6 Å². The molecule has 0 saturated carbocycles. The van der Waals surface area contributed by atoms with E-state index in [9.17, 15) is 9.90 Å². The molecular weight excluding hydrogens is 250 g/mol. The minimum Gasteiger partial charge on any atom is -0.472 e. The van der Waals surface area contributed by atoms with Crippen molar-refractivity contribution in [3.63, 3.8) is 0 Å². The van der Waals surface area contributed by atoms with Crippen LogP contribution in [-0.2, 0) is 4.79 Å². The molecule has 0 saturated heterocycles. The van der Waals surface area contributed by atoms with Gasteiger partial charge in [-0.25, -0.2) is 0 Å². The van der Waals surface area contributed by atoms with Gasteiger partial charge in [-0.1, -0.05) is 6.07 Å². The Hall–Kier alpha value is -1.85. The van der Waals surface area contributed by atoms with Crippen molar-refractivity contribution < 1.29 is 14.3 Å². The predicted octanol–water partition coefficient (Wildman–Crippen LogP) is 2.20. The fraction of sp³-hybridized carbons (Fsp3) is 0.154. The number of thiophene rings is 1. The van der Waals surface area contributed by atoms with Crippen molar-refractivity contribution in [3.05, 3.63) is 52.6 Å². The van der Waals surface area contributed by atoms with E-state index in [4.69, 9.17) is 4.42 Å². The molecule has 0 aliphatic rings. The Morgan fingerprint density at radius 2 is 2.44 bits per heavy atom. The average Bonchev–Trinajstić information content (AvgIpc) is 3.05. The van der Waals surface area contributed by atoms with E-state index >= 15 is 0 Å². The first-order valence-electron chi connectivity index (χ1n) is 5.45. The first-order valence-corrected chi connectivity index (χ1v) is 6.33. The quantitative estimate of drug-likeness (QED) is 0.813. The third-order valence-electron chi connectivity index (χ3n) is 2.34. The Balaban J connectivity index is 1.78. The van der Waals surface area contributed by atoms with Crippen LogP contribution in [0.15, 0.2) is 46.6 Å². The van der Waals surface area contributed by atoms with Gasteiger partial charge in [0.05, 0.1) is 18.6 Å². The van der Waals surface area contributed by atoms with E-state index in [-0.39, 0.29) is 12.5 Å². The lowest BCUT2D eigenvalue weighted by Crippen LogP contribution is -2.26. The maximum Gasteiger partial charge on any atom is 0.244 e. The molecule has 2 aromatic rings. The van der Waals surface area contributed by atoms with Crippen LogP contribution in [0.4, 0.5) is 0 Å². The van der Waals surface area contributed by atoms with Gasteiger partial charge in [-0.05, 0) is 23.6 Å². The van der Waals surface area contributed by atoms with Gasteiger partial charge in [-0.15, -0.1) is 11.3 Å². The van der Waals surface area contributed by atoms with E-state index in [2.05, 4.69) is 5.32 Å². The summed E-state index contributed by atoms with van der Waals surface area (Å²) in [5.74, 6) is -0.231. The summed E-state index contributed by atoms with van der Waals surface area (Å²) >= 11 is 1.56. The van der Waals surface area contributed by atoms with Crippen LogP contribution in [0.2, 0.25) is 0 Å². The number of hydrogen-bond donors (Lipinski definition) is 2. The molecule has 4 nitrogen and oxygen atoms in total. The molecule has 1 atom stereocenters. The van der Waals surface area contributed by atoms with Crippen LogP contribution in [-0.4, -0.2) is 17.6 Å².